The van der Waals surface area contributed by atoms with E-state index in [1.54, 1.807) is 6.92 Å². The molecule has 0 aromatic rings. The van der Waals surface area contributed by atoms with Gasteiger partial charge < -0.3 is 10.4 Å². The number of hydrogen-bond donors (Lipinski definition) is 2. The molecule has 0 radical (unpaired) electrons. The molecule has 4 heteroatoms. The van der Waals surface area contributed by atoms with E-state index >= 15 is 0 Å². The van der Waals surface area contributed by atoms with E-state index in [0.29, 0.717) is 0 Å². The van der Waals surface area contributed by atoms with Crippen molar-refractivity contribution in [3.8, 4) is 0 Å². The van der Waals surface area contributed by atoms with E-state index < -0.39 is 5.97 Å². The van der Waals surface area contributed by atoms with E-state index in [0.717, 1.165) is 0 Å². The molecule has 0 fully saturated rings. The standard InChI is InChI=1S/C7H11NO3/c1-3-5(7(10)11)4-6(9)8-2/h3H,4H2,1-2H3,(H,8,9)(H,10,11)/b5-3-. The molecule has 0 rings (SSSR count). The Kier molecular flexibility index (Phi) is 3.95. The highest BCUT2D eigenvalue weighted by molar-refractivity contribution is 5.93. The van der Waals surface area contributed by atoms with Gasteiger partial charge in [-0.05, 0) is 6.92 Å². The summed E-state index contributed by atoms with van der Waals surface area (Å²) in [6.07, 6.45) is 1.35. The highest BCUT2D eigenvalue weighted by atomic mass is 16.4. The lowest BCUT2D eigenvalue weighted by molar-refractivity contribution is -0.134. The van der Waals surface area contributed by atoms with E-state index in [-0.39, 0.29) is 17.9 Å². The minimum Gasteiger partial charge on any atom is -0.478 e. The first-order valence-corrected chi connectivity index (χ1v) is 3.20. The SMILES string of the molecule is C/C=C(/CC(=O)NC)C(=O)O. The Balaban J connectivity index is 4.12. The van der Waals surface area contributed by atoms with Crippen LogP contribution in [-0.4, -0.2) is 24.0 Å². The molecule has 0 saturated heterocycles. The van der Waals surface area contributed by atoms with Gasteiger partial charge in [-0.2, -0.15) is 0 Å². The first-order valence-electron chi connectivity index (χ1n) is 3.20. The number of rotatable bonds is 3. The number of nitrogens with one attached hydrogen (secondary N) is 1. The fraction of sp³-hybridized carbons (Fsp3) is 0.429. The van der Waals surface area contributed by atoms with Crippen LogP contribution >= 0.6 is 0 Å². The summed E-state index contributed by atoms with van der Waals surface area (Å²) < 4.78 is 0. The van der Waals surface area contributed by atoms with Crippen LogP contribution in [0.3, 0.4) is 0 Å². The van der Waals surface area contributed by atoms with Gasteiger partial charge in [-0.25, -0.2) is 4.79 Å². The van der Waals surface area contributed by atoms with Crippen molar-refractivity contribution in [1.29, 1.82) is 0 Å². The summed E-state index contributed by atoms with van der Waals surface area (Å²) in [5.41, 5.74) is 0.115. The van der Waals surface area contributed by atoms with Crippen LogP contribution < -0.4 is 5.32 Å². The molecule has 0 heterocycles. The first kappa shape index (κ1) is 9.68. The van der Waals surface area contributed by atoms with Gasteiger partial charge in [0.25, 0.3) is 0 Å². The Bertz CT molecular complexity index is 196. The third kappa shape index (κ3) is 3.40. The second kappa shape index (κ2) is 4.49. The summed E-state index contributed by atoms with van der Waals surface area (Å²) in [5.74, 6) is -1.34. The van der Waals surface area contributed by atoms with Gasteiger partial charge in [0.05, 0.1) is 6.42 Å². The number of carboxylic acids is 1. The number of amides is 1. The number of aliphatic carboxylic acids is 1. The fourth-order valence-corrected chi connectivity index (χ4v) is 0.563. The summed E-state index contributed by atoms with van der Waals surface area (Å²) in [6.45, 7) is 1.59. The molecule has 62 valence electrons. The number of allylic oxidation sites excluding steroid dienone is 1. The summed E-state index contributed by atoms with van der Waals surface area (Å²) in [7, 11) is 1.47. The summed E-state index contributed by atoms with van der Waals surface area (Å²) >= 11 is 0. The van der Waals surface area contributed by atoms with Gasteiger partial charge in [-0.1, -0.05) is 6.08 Å². The maximum atomic E-state index is 10.7. The topological polar surface area (TPSA) is 66.4 Å². The van der Waals surface area contributed by atoms with E-state index in [9.17, 15) is 9.59 Å². The van der Waals surface area contributed by atoms with Gasteiger partial charge in [0, 0.05) is 12.6 Å². The van der Waals surface area contributed by atoms with Crippen molar-refractivity contribution in [2.75, 3.05) is 7.05 Å². The van der Waals surface area contributed by atoms with Crippen LogP contribution in [0.4, 0.5) is 0 Å². The first-order chi connectivity index (χ1) is 5.11. The Labute approximate surface area is 64.9 Å². The zero-order valence-corrected chi connectivity index (χ0v) is 6.55. The largest absolute Gasteiger partial charge is 0.478 e. The average molecular weight is 157 g/mol. The summed E-state index contributed by atoms with van der Waals surface area (Å²) in [4.78, 5) is 21.0. The zero-order chi connectivity index (χ0) is 8.85. The van der Waals surface area contributed by atoms with E-state index in [1.165, 1.54) is 13.1 Å². The van der Waals surface area contributed by atoms with Crippen LogP contribution in [0.5, 0.6) is 0 Å². The van der Waals surface area contributed by atoms with Crippen LogP contribution in [0.15, 0.2) is 11.6 Å². The molecule has 0 aromatic carbocycles. The second-order valence-electron chi connectivity index (χ2n) is 1.97. The molecule has 0 aliphatic carbocycles. The van der Waals surface area contributed by atoms with Gasteiger partial charge in [-0.15, -0.1) is 0 Å². The molecule has 0 aliphatic rings. The molecule has 1 amide bonds. The van der Waals surface area contributed by atoms with Crippen molar-refractivity contribution in [2.24, 2.45) is 0 Å². The molecule has 0 aromatic heterocycles. The molecular formula is C7H11NO3. The Morgan fingerprint density at radius 2 is 2.09 bits per heavy atom. The monoisotopic (exact) mass is 157 g/mol. The lowest BCUT2D eigenvalue weighted by Crippen LogP contribution is -2.20. The van der Waals surface area contributed by atoms with Gasteiger partial charge >= 0.3 is 5.97 Å². The van der Waals surface area contributed by atoms with Crippen molar-refractivity contribution in [3.05, 3.63) is 11.6 Å². The van der Waals surface area contributed by atoms with Crippen LogP contribution in [0.2, 0.25) is 0 Å². The molecule has 0 spiro atoms. The van der Waals surface area contributed by atoms with Gasteiger partial charge in [0.1, 0.15) is 0 Å². The maximum absolute atomic E-state index is 10.7. The van der Waals surface area contributed by atoms with Gasteiger partial charge in [0.15, 0.2) is 0 Å². The van der Waals surface area contributed by atoms with Crippen molar-refractivity contribution in [2.45, 2.75) is 13.3 Å². The normalized spacial score (nSPS) is 10.9. The quantitative estimate of drug-likeness (QED) is 0.573. The molecule has 2 N–H and O–H groups in total. The molecule has 0 bridgehead atoms. The highest BCUT2D eigenvalue weighted by Crippen LogP contribution is 1.99. The van der Waals surface area contributed by atoms with Crippen molar-refractivity contribution in [1.82, 2.24) is 5.32 Å². The number of hydrogen-bond acceptors (Lipinski definition) is 2. The molecule has 11 heavy (non-hydrogen) atoms. The minimum atomic E-state index is -1.05. The number of carboxylic acid groups (broad SMARTS) is 1. The summed E-state index contributed by atoms with van der Waals surface area (Å²) in [6, 6.07) is 0. The van der Waals surface area contributed by atoms with Crippen molar-refractivity contribution in [3.63, 3.8) is 0 Å². The Hall–Kier alpha value is -1.32. The van der Waals surface area contributed by atoms with Crippen LogP contribution in [-0.2, 0) is 9.59 Å². The van der Waals surface area contributed by atoms with Gasteiger partial charge in [0.2, 0.25) is 5.91 Å². The van der Waals surface area contributed by atoms with Crippen molar-refractivity contribution < 1.29 is 14.7 Å². The number of carbonyl (C=O) groups excluding carboxylic acids is 1. The van der Waals surface area contributed by atoms with E-state index in [1.807, 2.05) is 0 Å². The Morgan fingerprint density at radius 1 is 1.55 bits per heavy atom. The molecule has 0 unspecified atom stereocenters. The van der Waals surface area contributed by atoms with E-state index in [2.05, 4.69) is 5.32 Å². The maximum Gasteiger partial charge on any atom is 0.331 e. The third-order valence-electron chi connectivity index (χ3n) is 1.25. The predicted octanol–water partition coefficient (Wildman–Crippen LogP) is 0.153. The second-order valence-corrected chi connectivity index (χ2v) is 1.97. The van der Waals surface area contributed by atoms with Gasteiger partial charge in [-0.3, -0.25) is 4.79 Å². The lowest BCUT2D eigenvalue weighted by atomic mass is 10.2. The fourth-order valence-electron chi connectivity index (χ4n) is 0.563. The molecule has 0 atom stereocenters. The lowest BCUT2D eigenvalue weighted by Gasteiger charge is -1.98. The van der Waals surface area contributed by atoms with Crippen LogP contribution in [0, 0.1) is 0 Å². The van der Waals surface area contributed by atoms with Crippen LogP contribution in [0.25, 0.3) is 0 Å². The molecule has 4 nitrogen and oxygen atoms in total. The highest BCUT2D eigenvalue weighted by Gasteiger charge is 2.09. The molecular weight excluding hydrogens is 146 g/mol. The summed E-state index contributed by atoms with van der Waals surface area (Å²) in [5, 5.41) is 10.8. The minimum absolute atomic E-state index is 0.0671. The average Bonchev–Trinajstić information content (AvgIpc) is 1.99. The van der Waals surface area contributed by atoms with Crippen LogP contribution in [0.1, 0.15) is 13.3 Å². The predicted molar refractivity (Wildman–Crippen MR) is 40.1 cm³/mol. The van der Waals surface area contributed by atoms with E-state index in [4.69, 9.17) is 5.11 Å². The smallest absolute Gasteiger partial charge is 0.331 e. The number of carbonyl (C=O) groups is 2. The molecule has 0 saturated carbocycles. The molecule has 0 aliphatic heterocycles. The van der Waals surface area contributed by atoms with Crippen molar-refractivity contribution >= 4 is 11.9 Å². The Morgan fingerprint density at radius 3 is 2.36 bits per heavy atom. The third-order valence-corrected chi connectivity index (χ3v) is 1.25. The zero-order valence-electron chi connectivity index (χ0n) is 6.55.